The Kier molecular flexibility index (Phi) is 4.70. The van der Waals surface area contributed by atoms with Crippen LogP contribution in [0, 0.1) is 5.82 Å². The predicted octanol–water partition coefficient (Wildman–Crippen LogP) is 3.64. The van der Waals surface area contributed by atoms with Crippen molar-refractivity contribution in [1.29, 1.82) is 0 Å². The van der Waals surface area contributed by atoms with Crippen LogP contribution in [0.1, 0.15) is 33.6 Å². The van der Waals surface area contributed by atoms with Gasteiger partial charge in [-0.15, -0.1) is 0 Å². The Bertz CT molecular complexity index is 499. The summed E-state index contributed by atoms with van der Waals surface area (Å²) in [7, 11) is 0. The van der Waals surface area contributed by atoms with Gasteiger partial charge in [0, 0.05) is 24.8 Å². The number of ether oxygens (including phenoxy) is 1. The Balaban J connectivity index is 1.93. The molecule has 1 aromatic rings. The molecular weight excluding hydrogens is 271 g/mol. The number of rotatable bonds is 2. The van der Waals surface area contributed by atoms with Crippen molar-refractivity contribution >= 4 is 11.8 Å². The number of nitrogens with zero attached hydrogens (tertiary/aromatic N) is 1. The lowest BCUT2D eigenvalue weighted by Gasteiger charge is -2.34. The fourth-order valence-corrected chi connectivity index (χ4v) is 2.40. The van der Waals surface area contributed by atoms with Gasteiger partial charge < -0.3 is 15.0 Å². The Morgan fingerprint density at radius 1 is 1.43 bits per heavy atom. The maximum absolute atomic E-state index is 13.2. The van der Waals surface area contributed by atoms with Gasteiger partial charge in [-0.1, -0.05) is 6.07 Å². The number of amides is 1. The van der Waals surface area contributed by atoms with Crippen LogP contribution in [0.5, 0.6) is 0 Å². The van der Waals surface area contributed by atoms with Gasteiger partial charge in [-0.3, -0.25) is 0 Å². The summed E-state index contributed by atoms with van der Waals surface area (Å²) in [5.74, 6) is -0.264. The minimum absolute atomic E-state index is 0.119. The standard InChI is InChI=1S/C16H23FN2O2/c1-16(2,3)21-15(20)19-9-5-8-14(11-19)18-13-7-4-6-12(17)10-13/h4,6-7,10,14,18H,5,8-9,11H2,1-3H3/t14-/m1/s1. The molecule has 4 nitrogen and oxygen atoms in total. The fraction of sp³-hybridized carbons (Fsp3) is 0.562. The van der Waals surface area contributed by atoms with E-state index in [1.165, 1.54) is 12.1 Å². The molecule has 0 aliphatic carbocycles. The first-order valence-electron chi connectivity index (χ1n) is 7.33. The van der Waals surface area contributed by atoms with Crippen LogP contribution >= 0.6 is 0 Å². The summed E-state index contributed by atoms with van der Waals surface area (Å²) in [6.45, 7) is 6.85. The van der Waals surface area contributed by atoms with Crippen molar-refractivity contribution in [3.63, 3.8) is 0 Å². The molecular formula is C16H23FN2O2. The second-order valence-corrected chi connectivity index (χ2v) is 6.42. The topological polar surface area (TPSA) is 41.6 Å². The van der Waals surface area contributed by atoms with E-state index in [9.17, 15) is 9.18 Å². The highest BCUT2D eigenvalue weighted by atomic mass is 19.1. The van der Waals surface area contributed by atoms with E-state index in [0.717, 1.165) is 18.5 Å². The summed E-state index contributed by atoms with van der Waals surface area (Å²) >= 11 is 0. The highest BCUT2D eigenvalue weighted by molar-refractivity contribution is 5.68. The lowest BCUT2D eigenvalue weighted by Crippen LogP contribution is -2.46. The second kappa shape index (κ2) is 6.33. The van der Waals surface area contributed by atoms with E-state index in [4.69, 9.17) is 4.74 Å². The Labute approximate surface area is 125 Å². The average Bonchev–Trinajstić information content (AvgIpc) is 2.37. The second-order valence-electron chi connectivity index (χ2n) is 6.42. The van der Waals surface area contributed by atoms with Gasteiger partial charge in [0.15, 0.2) is 0 Å². The maximum atomic E-state index is 13.2. The smallest absolute Gasteiger partial charge is 0.410 e. The van der Waals surface area contributed by atoms with Crippen LogP contribution in [0.3, 0.4) is 0 Å². The molecule has 0 spiro atoms. The number of hydrogen-bond donors (Lipinski definition) is 1. The molecule has 2 rings (SSSR count). The molecule has 21 heavy (non-hydrogen) atoms. The van der Waals surface area contributed by atoms with Crippen molar-refractivity contribution in [2.24, 2.45) is 0 Å². The molecule has 1 aliphatic heterocycles. The number of nitrogens with one attached hydrogen (secondary N) is 1. The molecule has 1 atom stereocenters. The summed E-state index contributed by atoms with van der Waals surface area (Å²) in [5.41, 5.74) is 0.256. The summed E-state index contributed by atoms with van der Waals surface area (Å²) in [6, 6.07) is 6.50. The lowest BCUT2D eigenvalue weighted by atomic mass is 10.1. The van der Waals surface area contributed by atoms with E-state index in [0.29, 0.717) is 13.1 Å². The summed E-state index contributed by atoms with van der Waals surface area (Å²) < 4.78 is 18.6. The Morgan fingerprint density at radius 2 is 2.19 bits per heavy atom. The summed E-state index contributed by atoms with van der Waals surface area (Å²) in [6.07, 6.45) is 1.58. The number of carbonyl (C=O) groups excluding carboxylic acids is 1. The van der Waals surface area contributed by atoms with Crippen molar-refractivity contribution in [3.8, 4) is 0 Å². The van der Waals surface area contributed by atoms with E-state index in [1.807, 2.05) is 26.8 Å². The SMILES string of the molecule is CC(C)(C)OC(=O)N1CCC[C@@H](Nc2cccc(F)c2)C1. The van der Waals surface area contributed by atoms with Gasteiger partial charge in [0.2, 0.25) is 0 Å². The van der Waals surface area contributed by atoms with Crippen molar-refractivity contribution in [1.82, 2.24) is 4.90 Å². The third-order valence-corrected chi connectivity index (χ3v) is 3.27. The van der Waals surface area contributed by atoms with Crippen LogP contribution in [0.15, 0.2) is 24.3 Å². The minimum atomic E-state index is -0.486. The summed E-state index contributed by atoms with van der Waals surface area (Å²) in [4.78, 5) is 13.8. The quantitative estimate of drug-likeness (QED) is 0.905. The van der Waals surface area contributed by atoms with Gasteiger partial charge in [0.25, 0.3) is 0 Å². The number of carbonyl (C=O) groups is 1. The number of anilines is 1. The average molecular weight is 294 g/mol. The molecule has 0 bridgehead atoms. The Morgan fingerprint density at radius 3 is 2.86 bits per heavy atom. The zero-order chi connectivity index (χ0) is 15.5. The number of halogens is 1. The van der Waals surface area contributed by atoms with Crippen LogP contribution in [0.4, 0.5) is 14.9 Å². The first kappa shape index (κ1) is 15.6. The van der Waals surface area contributed by atoms with Crippen LogP contribution in [-0.2, 0) is 4.74 Å². The Hall–Kier alpha value is -1.78. The number of piperidine rings is 1. The van der Waals surface area contributed by atoms with E-state index in [2.05, 4.69) is 5.32 Å². The summed E-state index contributed by atoms with van der Waals surface area (Å²) in [5, 5.41) is 3.28. The molecule has 1 fully saturated rings. The monoisotopic (exact) mass is 294 g/mol. The van der Waals surface area contributed by atoms with E-state index in [-0.39, 0.29) is 18.0 Å². The highest BCUT2D eigenvalue weighted by Gasteiger charge is 2.27. The van der Waals surface area contributed by atoms with Crippen molar-refractivity contribution in [2.75, 3.05) is 18.4 Å². The molecule has 1 N–H and O–H groups in total. The fourth-order valence-electron chi connectivity index (χ4n) is 2.40. The van der Waals surface area contributed by atoms with Crippen molar-refractivity contribution < 1.29 is 13.9 Å². The largest absolute Gasteiger partial charge is 0.444 e. The van der Waals surface area contributed by atoms with Crippen LogP contribution in [-0.4, -0.2) is 35.7 Å². The zero-order valence-electron chi connectivity index (χ0n) is 12.9. The number of hydrogen-bond acceptors (Lipinski definition) is 3. The maximum Gasteiger partial charge on any atom is 0.410 e. The first-order chi connectivity index (χ1) is 9.83. The van der Waals surface area contributed by atoms with E-state index in [1.54, 1.807) is 11.0 Å². The molecule has 0 radical (unpaired) electrons. The number of likely N-dealkylation sites (tertiary alicyclic amines) is 1. The predicted molar refractivity (Wildman–Crippen MR) is 80.9 cm³/mol. The molecule has 5 heteroatoms. The number of benzene rings is 1. The molecule has 0 saturated carbocycles. The lowest BCUT2D eigenvalue weighted by molar-refractivity contribution is 0.0206. The van der Waals surface area contributed by atoms with Crippen molar-refractivity contribution in [2.45, 2.75) is 45.3 Å². The van der Waals surface area contributed by atoms with Gasteiger partial charge in [-0.25, -0.2) is 9.18 Å². The minimum Gasteiger partial charge on any atom is -0.444 e. The van der Waals surface area contributed by atoms with Crippen LogP contribution < -0.4 is 5.32 Å². The van der Waals surface area contributed by atoms with Gasteiger partial charge >= 0.3 is 6.09 Å². The first-order valence-corrected chi connectivity index (χ1v) is 7.33. The molecule has 1 aromatic carbocycles. The molecule has 1 aliphatic rings. The molecule has 0 aromatic heterocycles. The van der Waals surface area contributed by atoms with E-state index >= 15 is 0 Å². The third kappa shape index (κ3) is 4.92. The molecule has 0 unspecified atom stereocenters. The molecule has 1 amide bonds. The molecule has 1 saturated heterocycles. The van der Waals surface area contributed by atoms with Gasteiger partial charge in [0.1, 0.15) is 11.4 Å². The highest BCUT2D eigenvalue weighted by Crippen LogP contribution is 2.19. The normalized spacial score (nSPS) is 19.2. The third-order valence-electron chi connectivity index (χ3n) is 3.27. The van der Waals surface area contributed by atoms with Crippen molar-refractivity contribution in [3.05, 3.63) is 30.1 Å². The van der Waals surface area contributed by atoms with Crippen LogP contribution in [0.25, 0.3) is 0 Å². The van der Waals surface area contributed by atoms with Gasteiger partial charge in [-0.05, 0) is 51.8 Å². The van der Waals surface area contributed by atoms with Crippen LogP contribution in [0.2, 0.25) is 0 Å². The van der Waals surface area contributed by atoms with Gasteiger partial charge in [0.05, 0.1) is 0 Å². The molecule has 1 heterocycles. The van der Waals surface area contributed by atoms with Gasteiger partial charge in [-0.2, -0.15) is 0 Å². The molecule has 116 valence electrons. The van der Waals surface area contributed by atoms with E-state index < -0.39 is 5.60 Å². The zero-order valence-corrected chi connectivity index (χ0v) is 12.9.